The maximum absolute atomic E-state index is 13.2. The van der Waals surface area contributed by atoms with Gasteiger partial charge in [-0.2, -0.15) is 0 Å². The Labute approximate surface area is 121 Å². The average Bonchev–Trinajstić information content (AvgIpc) is 2.33. The molecular formula is C13H7BrClFO3. The first kappa shape index (κ1) is 13.8. The van der Waals surface area contributed by atoms with Crippen molar-refractivity contribution in [2.24, 2.45) is 0 Å². The Balaban J connectivity index is 2.26. The Morgan fingerprint density at radius 1 is 1.21 bits per heavy atom. The predicted octanol–water partition coefficient (Wildman–Crippen LogP) is 4.73. The van der Waals surface area contributed by atoms with Gasteiger partial charge in [0.15, 0.2) is 0 Å². The number of hydrogen-bond donors (Lipinski definition) is 1. The fourth-order valence-corrected chi connectivity index (χ4v) is 2.05. The van der Waals surface area contributed by atoms with E-state index in [1.807, 2.05) is 0 Å². The molecule has 0 saturated heterocycles. The van der Waals surface area contributed by atoms with E-state index in [1.54, 1.807) is 0 Å². The van der Waals surface area contributed by atoms with Crippen LogP contribution in [0.1, 0.15) is 10.4 Å². The molecule has 6 heteroatoms. The summed E-state index contributed by atoms with van der Waals surface area (Å²) in [6.07, 6.45) is 0. The summed E-state index contributed by atoms with van der Waals surface area (Å²) in [4.78, 5) is 10.8. The standard InChI is InChI=1S/C13H7BrClFO3/c14-10-5-7(1-3-9(10)13(17)18)19-8-2-4-11(15)12(16)6-8/h1-6H,(H,17,18). The number of ether oxygens (including phenoxy) is 1. The SMILES string of the molecule is O=C(O)c1ccc(Oc2ccc(Cl)c(F)c2)cc1Br. The molecule has 2 aromatic carbocycles. The number of halogens is 3. The molecule has 0 atom stereocenters. The van der Waals surface area contributed by atoms with Crippen molar-refractivity contribution in [1.29, 1.82) is 0 Å². The van der Waals surface area contributed by atoms with Gasteiger partial charge in [-0.25, -0.2) is 9.18 Å². The van der Waals surface area contributed by atoms with Gasteiger partial charge in [-0.1, -0.05) is 11.6 Å². The molecule has 98 valence electrons. The van der Waals surface area contributed by atoms with Gasteiger partial charge >= 0.3 is 5.97 Å². The molecule has 0 aliphatic heterocycles. The summed E-state index contributed by atoms with van der Waals surface area (Å²) in [7, 11) is 0. The van der Waals surface area contributed by atoms with E-state index in [-0.39, 0.29) is 16.3 Å². The van der Waals surface area contributed by atoms with Crippen LogP contribution < -0.4 is 4.74 Å². The van der Waals surface area contributed by atoms with Gasteiger partial charge in [0.1, 0.15) is 17.3 Å². The second-order valence-corrected chi connectivity index (χ2v) is 4.89. The molecule has 0 bridgehead atoms. The van der Waals surface area contributed by atoms with Crippen LogP contribution >= 0.6 is 27.5 Å². The van der Waals surface area contributed by atoms with Crippen LogP contribution in [0.2, 0.25) is 5.02 Å². The number of carbonyl (C=O) groups is 1. The topological polar surface area (TPSA) is 46.5 Å². The zero-order valence-electron chi connectivity index (χ0n) is 9.36. The van der Waals surface area contributed by atoms with Gasteiger partial charge in [0.2, 0.25) is 0 Å². The van der Waals surface area contributed by atoms with Gasteiger partial charge in [-0.15, -0.1) is 0 Å². The molecule has 0 unspecified atom stereocenters. The van der Waals surface area contributed by atoms with Crippen molar-refractivity contribution in [3.63, 3.8) is 0 Å². The molecule has 19 heavy (non-hydrogen) atoms. The van der Waals surface area contributed by atoms with E-state index in [9.17, 15) is 9.18 Å². The van der Waals surface area contributed by atoms with Gasteiger partial charge in [0.05, 0.1) is 10.6 Å². The third-order valence-corrected chi connectivity index (χ3v) is 3.26. The second-order valence-electron chi connectivity index (χ2n) is 3.62. The van der Waals surface area contributed by atoms with E-state index in [2.05, 4.69) is 15.9 Å². The molecule has 0 radical (unpaired) electrons. The Morgan fingerprint density at radius 3 is 2.42 bits per heavy atom. The Hall–Kier alpha value is -1.59. The van der Waals surface area contributed by atoms with E-state index in [4.69, 9.17) is 21.4 Å². The highest BCUT2D eigenvalue weighted by Gasteiger charge is 2.10. The summed E-state index contributed by atoms with van der Waals surface area (Å²) < 4.78 is 19.0. The minimum atomic E-state index is -1.05. The quantitative estimate of drug-likeness (QED) is 0.874. The fourth-order valence-electron chi connectivity index (χ4n) is 1.41. The summed E-state index contributed by atoms with van der Waals surface area (Å²) in [5, 5.41) is 8.89. The first-order chi connectivity index (χ1) is 8.97. The molecule has 2 aromatic rings. The van der Waals surface area contributed by atoms with Crippen molar-refractivity contribution in [3.8, 4) is 11.5 Å². The summed E-state index contributed by atoms with van der Waals surface area (Å²) in [5.74, 6) is -0.966. The zero-order valence-corrected chi connectivity index (χ0v) is 11.7. The average molecular weight is 346 g/mol. The van der Waals surface area contributed by atoms with Crippen LogP contribution in [-0.2, 0) is 0 Å². The lowest BCUT2D eigenvalue weighted by Crippen LogP contribution is -1.97. The molecular weight excluding hydrogens is 338 g/mol. The van der Waals surface area contributed by atoms with Crippen LogP contribution in [0.25, 0.3) is 0 Å². The Kier molecular flexibility index (Phi) is 4.07. The molecule has 0 aliphatic rings. The lowest BCUT2D eigenvalue weighted by molar-refractivity contribution is 0.0696. The number of carboxylic acid groups (broad SMARTS) is 1. The van der Waals surface area contributed by atoms with E-state index in [1.165, 1.54) is 30.3 Å². The maximum Gasteiger partial charge on any atom is 0.336 e. The molecule has 3 nitrogen and oxygen atoms in total. The van der Waals surface area contributed by atoms with Crippen molar-refractivity contribution in [3.05, 3.63) is 57.3 Å². The van der Waals surface area contributed by atoms with Crippen LogP contribution in [0.4, 0.5) is 4.39 Å². The van der Waals surface area contributed by atoms with Crippen molar-refractivity contribution >= 4 is 33.5 Å². The van der Waals surface area contributed by atoms with Crippen molar-refractivity contribution < 1.29 is 19.0 Å². The number of hydrogen-bond acceptors (Lipinski definition) is 2. The van der Waals surface area contributed by atoms with Gasteiger partial charge in [-0.3, -0.25) is 0 Å². The summed E-state index contributed by atoms with van der Waals surface area (Å²) in [5.41, 5.74) is 0.120. The normalized spacial score (nSPS) is 10.3. The van der Waals surface area contributed by atoms with Gasteiger partial charge < -0.3 is 9.84 Å². The lowest BCUT2D eigenvalue weighted by Gasteiger charge is -2.07. The monoisotopic (exact) mass is 344 g/mol. The van der Waals surface area contributed by atoms with Crippen molar-refractivity contribution in [1.82, 2.24) is 0 Å². The minimum Gasteiger partial charge on any atom is -0.478 e. The first-order valence-electron chi connectivity index (χ1n) is 5.13. The van der Waals surface area contributed by atoms with Gasteiger partial charge in [-0.05, 0) is 46.3 Å². The Morgan fingerprint density at radius 2 is 1.84 bits per heavy atom. The molecule has 0 aliphatic carbocycles. The van der Waals surface area contributed by atoms with Gasteiger partial charge in [0.25, 0.3) is 0 Å². The van der Waals surface area contributed by atoms with Crippen LogP contribution in [0.5, 0.6) is 11.5 Å². The van der Waals surface area contributed by atoms with E-state index >= 15 is 0 Å². The largest absolute Gasteiger partial charge is 0.478 e. The number of carboxylic acids is 1. The molecule has 0 aromatic heterocycles. The van der Waals surface area contributed by atoms with Crippen molar-refractivity contribution in [2.45, 2.75) is 0 Å². The molecule has 2 rings (SSSR count). The lowest BCUT2D eigenvalue weighted by atomic mass is 10.2. The molecule has 0 amide bonds. The zero-order chi connectivity index (χ0) is 14.0. The number of benzene rings is 2. The Bertz CT molecular complexity index is 646. The van der Waals surface area contributed by atoms with Crippen molar-refractivity contribution in [2.75, 3.05) is 0 Å². The summed E-state index contributed by atoms with van der Waals surface area (Å²) >= 11 is 8.69. The minimum absolute atomic E-state index is 0.00903. The van der Waals surface area contributed by atoms with Crippen LogP contribution in [0.15, 0.2) is 40.9 Å². The van der Waals surface area contributed by atoms with E-state index < -0.39 is 11.8 Å². The number of rotatable bonds is 3. The third kappa shape index (κ3) is 3.24. The van der Waals surface area contributed by atoms with Crippen LogP contribution in [-0.4, -0.2) is 11.1 Å². The predicted molar refractivity (Wildman–Crippen MR) is 72.6 cm³/mol. The maximum atomic E-state index is 13.2. The number of aromatic carboxylic acids is 1. The van der Waals surface area contributed by atoms with Crippen LogP contribution in [0, 0.1) is 5.82 Å². The highest BCUT2D eigenvalue weighted by molar-refractivity contribution is 9.10. The molecule has 0 saturated carbocycles. The van der Waals surface area contributed by atoms with Crippen LogP contribution in [0.3, 0.4) is 0 Å². The third-order valence-electron chi connectivity index (χ3n) is 2.30. The highest BCUT2D eigenvalue weighted by Crippen LogP contribution is 2.29. The molecule has 0 heterocycles. The molecule has 0 fully saturated rings. The highest BCUT2D eigenvalue weighted by atomic mass is 79.9. The van der Waals surface area contributed by atoms with E-state index in [0.717, 1.165) is 6.07 Å². The second kappa shape index (κ2) is 5.59. The first-order valence-corrected chi connectivity index (χ1v) is 6.30. The molecule has 0 spiro atoms. The fraction of sp³-hybridized carbons (Fsp3) is 0. The summed E-state index contributed by atoms with van der Waals surface area (Å²) in [6.45, 7) is 0. The van der Waals surface area contributed by atoms with E-state index in [0.29, 0.717) is 10.2 Å². The molecule has 1 N–H and O–H groups in total. The van der Waals surface area contributed by atoms with Gasteiger partial charge in [0, 0.05) is 10.5 Å². The smallest absolute Gasteiger partial charge is 0.336 e. The summed E-state index contributed by atoms with van der Waals surface area (Å²) in [6, 6.07) is 8.43.